The zero-order chi connectivity index (χ0) is 50.8. The fraction of sp³-hybridized carbons (Fsp3) is 0.200. The number of para-hydroxylation sites is 8. The molecule has 8 aromatic rings. The van der Waals surface area contributed by atoms with Crippen LogP contribution in [0.2, 0.25) is 0 Å². The Kier molecular flexibility index (Phi) is 19.4. The SMILES string of the molecule is CCc1cccc2c1=Nc1c(C)cccc1S=2I.CCc1cccc2c1=Nc1c(C)cccc1S=2I.CCc1cccc2c1=Nc1c(C)cccc1S=2I.CCc1cccc2c1=Nc1c(C)cccc1S=2I.O. The molecule has 0 radical (unpaired) electrons. The molecule has 0 bridgehead atoms. The molecular weight excluding hydrogens is 1430 g/mol. The molecule has 4 aliphatic heterocycles. The summed E-state index contributed by atoms with van der Waals surface area (Å²) in [6, 6.07) is 52.3. The largest absolute Gasteiger partial charge is 0.412 e. The highest BCUT2D eigenvalue weighted by molar-refractivity contribution is 14.2. The van der Waals surface area contributed by atoms with Gasteiger partial charge in [-0.3, -0.25) is 0 Å². The lowest BCUT2D eigenvalue weighted by atomic mass is 10.1. The summed E-state index contributed by atoms with van der Waals surface area (Å²) in [4.78, 5) is 25.2. The van der Waals surface area contributed by atoms with E-state index in [-0.39, 0.29) is 36.1 Å². The molecule has 0 amide bonds. The minimum Gasteiger partial charge on any atom is -0.412 e. The lowest BCUT2D eigenvalue weighted by Crippen LogP contribution is -2.12. The molecular formula is C60H58I4N4OS4. The molecule has 5 nitrogen and oxygen atoms in total. The predicted octanol–water partition coefficient (Wildman–Crippen LogP) is 18.2. The molecule has 0 aromatic heterocycles. The number of fused-ring (bicyclic) bond motifs is 8. The van der Waals surface area contributed by atoms with Crippen LogP contribution in [0.25, 0.3) is 0 Å². The van der Waals surface area contributed by atoms with E-state index in [9.17, 15) is 0 Å². The Morgan fingerprint density at radius 1 is 0.301 bits per heavy atom. The summed E-state index contributed by atoms with van der Waals surface area (Å²) in [5.74, 6) is 0. The number of aryl methyl sites for hydroxylation is 8. The molecule has 4 aliphatic rings. The number of rotatable bonds is 4. The number of hydrogen-bond acceptors (Lipinski definition) is 4. The van der Waals surface area contributed by atoms with Gasteiger partial charge >= 0.3 is 0 Å². The lowest BCUT2D eigenvalue weighted by molar-refractivity contribution is 0.824. The molecule has 0 spiro atoms. The van der Waals surface area contributed by atoms with Crippen molar-refractivity contribution in [1.82, 2.24) is 0 Å². The average Bonchev–Trinajstić information content (AvgIpc) is 3.40. The smallest absolute Gasteiger partial charge is 0.0808 e. The summed E-state index contributed by atoms with van der Waals surface area (Å²) in [7, 11) is 0.456. The van der Waals surface area contributed by atoms with Gasteiger partial charge in [0.25, 0.3) is 0 Å². The minimum absolute atomic E-state index is 0. The molecule has 4 heterocycles. The first kappa shape index (κ1) is 56.4. The normalized spacial score (nSPS) is 16.5. The van der Waals surface area contributed by atoms with E-state index in [0.717, 1.165) is 25.7 Å². The highest BCUT2D eigenvalue weighted by atomic mass is 127. The first-order chi connectivity index (χ1) is 34.9. The number of hydrogen-bond donors (Lipinski definition) is 0. The minimum atomic E-state index is 0. The van der Waals surface area contributed by atoms with Crippen LogP contribution in [-0.4, -0.2) is 5.48 Å². The van der Waals surface area contributed by atoms with E-state index in [4.69, 9.17) is 20.0 Å². The highest BCUT2D eigenvalue weighted by Crippen LogP contribution is 2.48. The quantitative estimate of drug-likeness (QED) is 0.124. The average molecular weight is 1490 g/mol. The van der Waals surface area contributed by atoms with Gasteiger partial charge < -0.3 is 5.48 Å². The van der Waals surface area contributed by atoms with E-state index in [1.165, 1.54) is 126 Å². The van der Waals surface area contributed by atoms with E-state index in [2.05, 4.69) is 286 Å². The van der Waals surface area contributed by atoms with E-state index in [1.54, 1.807) is 0 Å². The van der Waals surface area contributed by atoms with Gasteiger partial charge in [0, 0.05) is 37.6 Å². The van der Waals surface area contributed by atoms with Gasteiger partial charge in [-0.05, 0) is 231 Å². The third-order valence-corrected chi connectivity index (χ3v) is 30.2. The van der Waals surface area contributed by atoms with Crippen LogP contribution in [0.5, 0.6) is 0 Å². The van der Waals surface area contributed by atoms with Gasteiger partial charge in [-0.15, -0.1) is 0 Å². The van der Waals surface area contributed by atoms with Gasteiger partial charge in [-0.25, -0.2) is 20.0 Å². The molecule has 0 fully saturated rings. The van der Waals surface area contributed by atoms with Crippen LogP contribution in [0.3, 0.4) is 0 Å². The molecule has 376 valence electrons. The van der Waals surface area contributed by atoms with Crippen LogP contribution < -0.4 is 21.4 Å². The number of halogens is 4. The van der Waals surface area contributed by atoms with Crippen molar-refractivity contribution >= 4 is 138 Å². The maximum absolute atomic E-state index is 4.93. The van der Waals surface area contributed by atoms with Crippen molar-refractivity contribution in [2.24, 2.45) is 20.0 Å². The van der Waals surface area contributed by atoms with Crippen molar-refractivity contribution in [2.75, 3.05) is 0 Å². The summed E-state index contributed by atoms with van der Waals surface area (Å²) in [6.45, 7) is 17.4. The van der Waals surface area contributed by atoms with Crippen LogP contribution in [0.4, 0.5) is 22.7 Å². The number of benzene rings is 8. The Bertz CT molecular complexity index is 3530. The molecule has 12 rings (SSSR count). The van der Waals surface area contributed by atoms with Gasteiger partial charge in [-0.1, -0.05) is 155 Å². The Morgan fingerprint density at radius 3 is 0.685 bits per heavy atom. The van der Waals surface area contributed by atoms with Crippen LogP contribution in [-0.2, 0) is 25.7 Å². The van der Waals surface area contributed by atoms with E-state index in [0.29, 0.717) is 0 Å². The summed E-state index contributed by atoms with van der Waals surface area (Å²) in [6.07, 6.45) is 4.17. The summed E-state index contributed by atoms with van der Waals surface area (Å²) < 4.78 is 5.53. The predicted molar refractivity (Wildman–Crippen MR) is 350 cm³/mol. The second-order valence-corrected chi connectivity index (χ2v) is 33.8. The Morgan fingerprint density at radius 2 is 0.493 bits per heavy atom. The zero-order valence-corrected chi connectivity index (χ0v) is 54.0. The third-order valence-electron chi connectivity index (χ3n) is 13.1. The van der Waals surface area contributed by atoms with Crippen LogP contribution in [0.1, 0.15) is 72.2 Å². The van der Waals surface area contributed by atoms with Crippen LogP contribution in [0.15, 0.2) is 185 Å². The van der Waals surface area contributed by atoms with Gasteiger partial charge in [0.1, 0.15) is 0 Å². The maximum Gasteiger partial charge on any atom is 0.0808 e. The first-order valence-corrected chi connectivity index (χ1v) is 39.3. The van der Waals surface area contributed by atoms with E-state index >= 15 is 0 Å². The molecule has 4 unspecified atom stereocenters. The Labute approximate surface area is 487 Å². The van der Waals surface area contributed by atoms with E-state index in [1.807, 2.05) is 0 Å². The highest BCUT2D eigenvalue weighted by Gasteiger charge is 2.17. The van der Waals surface area contributed by atoms with Crippen LogP contribution >= 0.6 is 115 Å². The summed E-state index contributed by atoms with van der Waals surface area (Å²) in [5, 5.41) is 4.83. The van der Waals surface area contributed by atoms with Crippen molar-refractivity contribution in [3.63, 3.8) is 0 Å². The van der Waals surface area contributed by atoms with Crippen molar-refractivity contribution in [1.29, 1.82) is 0 Å². The lowest BCUT2D eigenvalue weighted by Gasteiger charge is -2.14. The van der Waals surface area contributed by atoms with Gasteiger partial charge in [0.2, 0.25) is 0 Å². The third kappa shape index (κ3) is 11.5. The van der Waals surface area contributed by atoms with Crippen molar-refractivity contribution in [2.45, 2.75) is 101 Å². The Hall–Kier alpha value is -2.76. The first-order valence-electron chi connectivity index (χ1n) is 24.2. The second-order valence-electron chi connectivity index (χ2n) is 17.6. The zero-order valence-electron chi connectivity index (χ0n) is 42.1. The van der Waals surface area contributed by atoms with Crippen molar-refractivity contribution < 1.29 is 5.48 Å². The fourth-order valence-corrected chi connectivity index (χ4v) is 23.1. The summed E-state index contributed by atoms with van der Waals surface area (Å²) >= 11 is 10.2. The van der Waals surface area contributed by atoms with Crippen molar-refractivity contribution in [3.8, 4) is 0 Å². The molecule has 0 saturated heterocycles. The van der Waals surface area contributed by atoms with Gasteiger partial charge in [-0.2, -0.15) is 0 Å². The molecule has 8 aromatic carbocycles. The second kappa shape index (κ2) is 25.1. The number of nitrogens with zero attached hydrogens (tertiary/aromatic N) is 4. The standard InChI is InChI=1S/4C15H14INS.H2O/c4*1-3-11-7-5-9-13-15(11)17-14-10(2)6-4-8-12(14)18(13)16;/h4*4-9H,3H2,1-2H3;1H2. The molecule has 0 saturated carbocycles. The van der Waals surface area contributed by atoms with Gasteiger partial charge in [0.15, 0.2) is 0 Å². The van der Waals surface area contributed by atoms with Crippen LogP contribution in [0, 0.1) is 45.7 Å². The fourth-order valence-electron chi connectivity index (χ4n) is 9.10. The monoisotopic (exact) mass is 1490 g/mol. The van der Waals surface area contributed by atoms with Gasteiger partial charge in [0.05, 0.1) is 44.2 Å². The molecule has 0 aliphatic carbocycles. The summed E-state index contributed by atoms with van der Waals surface area (Å²) in [5.41, 5.74) is 15.3. The Balaban J connectivity index is 0.000000129. The van der Waals surface area contributed by atoms with Crippen molar-refractivity contribution in [3.05, 3.63) is 230 Å². The van der Waals surface area contributed by atoms with E-state index < -0.39 is 0 Å². The molecule has 4 atom stereocenters. The molecule has 73 heavy (non-hydrogen) atoms. The topological polar surface area (TPSA) is 80.9 Å². The molecule has 13 heteroatoms. The maximum atomic E-state index is 4.93. The molecule has 2 N–H and O–H groups in total.